The Bertz CT molecular complexity index is 733. The predicted octanol–water partition coefficient (Wildman–Crippen LogP) is 3.42. The van der Waals surface area contributed by atoms with Gasteiger partial charge in [-0.2, -0.15) is 0 Å². The number of nitrogens with zero attached hydrogens (tertiary/aromatic N) is 3. The number of aryl methyl sites for hydroxylation is 1. The molecule has 0 bridgehead atoms. The average molecular weight is 362 g/mol. The minimum Gasteiger partial charge on any atom is -0.462 e. The lowest BCUT2D eigenvalue weighted by Gasteiger charge is -2.18. The van der Waals surface area contributed by atoms with Gasteiger partial charge in [-0.1, -0.05) is 15.9 Å². The number of halogens is 1. The maximum Gasteiger partial charge on any atom is 0.341 e. The number of benzene rings is 1. The lowest BCUT2D eigenvalue weighted by atomic mass is 10.2. The van der Waals surface area contributed by atoms with Gasteiger partial charge in [-0.15, -0.1) is 0 Å². The van der Waals surface area contributed by atoms with Crippen molar-refractivity contribution >= 4 is 33.5 Å². The van der Waals surface area contributed by atoms with E-state index in [9.17, 15) is 4.79 Å². The second kappa shape index (κ2) is 6.04. The van der Waals surface area contributed by atoms with Crippen LogP contribution in [0.5, 0.6) is 0 Å². The van der Waals surface area contributed by atoms with Gasteiger partial charge in [-0.3, -0.25) is 0 Å². The summed E-state index contributed by atoms with van der Waals surface area (Å²) in [6.45, 7) is 4.76. The standard InChI is InChI=1S/C16H16BrN3O2/c1-3-22-15(21)13-9-18-16(19-10(13)2)20-7-6-11-8-12(17)4-5-14(11)20/h4-5,8-9H,3,6-7H2,1-2H3. The third kappa shape index (κ3) is 2.70. The van der Waals surface area contributed by atoms with Gasteiger partial charge in [-0.05, 0) is 44.0 Å². The zero-order chi connectivity index (χ0) is 15.7. The maximum absolute atomic E-state index is 11.8. The van der Waals surface area contributed by atoms with Gasteiger partial charge in [0.25, 0.3) is 0 Å². The van der Waals surface area contributed by atoms with Gasteiger partial charge in [0.1, 0.15) is 0 Å². The van der Waals surface area contributed by atoms with Crippen molar-refractivity contribution in [2.24, 2.45) is 0 Å². The van der Waals surface area contributed by atoms with Crippen LogP contribution in [0.2, 0.25) is 0 Å². The van der Waals surface area contributed by atoms with Crippen LogP contribution in [0.3, 0.4) is 0 Å². The van der Waals surface area contributed by atoms with Gasteiger partial charge >= 0.3 is 5.97 Å². The Kier molecular flexibility index (Phi) is 4.11. The van der Waals surface area contributed by atoms with E-state index >= 15 is 0 Å². The second-order valence-corrected chi connectivity index (χ2v) is 5.98. The Hall–Kier alpha value is -1.95. The summed E-state index contributed by atoms with van der Waals surface area (Å²) in [6, 6.07) is 6.19. The van der Waals surface area contributed by atoms with Crippen molar-refractivity contribution in [3.63, 3.8) is 0 Å². The van der Waals surface area contributed by atoms with Gasteiger partial charge in [0.2, 0.25) is 5.95 Å². The van der Waals surface area contributed by atoms with E-state index < -0.39 is 0 Å². The molecule has 1 aromatic heterocycles. The number of esters is 1. The second-order valence-electron chi connectivity index (χ2n) is 5.06. The summed E-state index contributed by atoms with van der Waals surface area (Å²) in [5.41, 5.74) is 3.44. The molecule has 22 heavy (non-hydrogen) atoms. The molecule has 5 nitrogen and oxygen atoms in total. The fraction of sp³-hybridized carbons (Fsp3) is 0.312. The lowest BCUT2D eigenvalue weighted by Crippen LogP contribution is -2.18. The Balaban J connectivity index is 1.92. The Morgan fingerprint density at radius 1 is 1.45 bits per heavy atom. The highest BCUT2D eigenvalue weighted by Crippen LogP contribution is 2.34. The highest BCUT2D eigenvalue weighted by molar-refractivity contribution is 9.10. The first kappa shape index (κ1) is 15.0. The molecule has 0 saturated heterocycles. The molecule has 2 aromatic rings. The van der Waals surface area contributed by atoms with Gasteiger partial charge in [0.05, 0.1) is 17.9 Å². The Labute approximate surface area is 137 Å². The molecule has 6 heteroatoms. The van der Waals surface area contributed by atoms with E-state index in [2.05, 4.69) is 42.9 Å². The van der Waals surface area contributed by atoms with Crippen molar-refractivity contribution in [3.8, 4) is 0 Å². The van der Waals surface area contributed by atoms with E-state index in [4.69, 9.17) is 4.74 Å². The fourth-order valence-electron chi connectivity index (χ4n) is 2.57. The largest absolute Gasteiger partial charge is 0.462 e. The topological polar surface area (TPSA) is 55.3 Å². The first-order chi connectivity index (χ1) is 10.6. The van der Waals surface area contributed by atoms with Crippen molar-refractivity contribution in [1.29, 1.82) is 0 Å². The van der Waals surface area contributed by atoms with Gasteiger partial charge in [0.15, 0.2) is 0 Å². The Morgan fingerprint density at radius 2 is 2.27 bits per heavy atom. The third-order valence-corrected chi connectivity index (χ3v) is 4.13. The van der Waals surface area contributed by atoms with E-state index in [0.29, 0.717) is 23.8 Å². The van der Waals surface area contributed by atoms with Gasteiger partial charge in [-0.25, -0.2) is 14.8 Å². The lowest BCUT2D eigenvalue weighted by molar-refractivity contribution is 0.0524. The monoisotopic (exact) mass is 361 g/mol. The van der Waals surface area contributed by atoms with Crippen molar-refractivity contribution < 1.29 is 9.53 Å². The first-order valence-corrected chi connectivity index (χ1v) is 7.96. The van der Waals surface area contributed by atoms with E-state index in [1.165, 1.54) is 5.56 Å². The van der Waals surface area contributed by atoms with E-state index in [0.717, 1.165) is 23.1 Å². The highest BCUT2D eigenvalue weighted by Gasteiger charge is 2.23. The number of anilines is 2. The van der Waals surface area contributed by atoms with Gasteiger partial charge in [0, 0.05) is 22.9 Å². The van der Waals surface area contributed by atoms with E-state index in [1.807, 2.05) is 6.07 Å². The van der Waals surface area contributed by atoms with Crippen LogP contribution >= 0.6 is 15.9 Å². The molecular weight excluding hydrogens is 346 g/mol. The van der Waals surface area contributed by atoms with Crippen molar-refractivity contribution in [1.82, 2.24) is 9.97 Å². The smallest absolute Gasteiger partial charge is 0.341 e. The molecule has 0 unspecified atom stereocenters. The van der Waals surface area contributed by atoms with Crippen LogP contribution in [0, 0.1) is 6.92 Å². The third-order valence-electron chi connectivity index (χ3n) is 3.64. The van der Waals surface area contributed by atoms with Crippen LogP contribution in [0.1, 0.15) is 28.5 Å². The normalized spacial score (nSPS) is 13.1. The Morgan fingerprint density at radius 3 is 3.00 bits per heavy atom. The summed E-state index contributed by atoms with van der Waals surface area (Å²) >= 11 is 3.49. The number of hydrogen-bond acceptors (Lipinski definition) is 5. The SMILES string of the molecule is CCOC(=O)c1cnc(N2CCc3cc(Br)ccc32)nc1C. The molecule has 0 amide bonds. The number of carbonyl (C=O) groups excluding carboxylic acids is 1. The maximum atomic E-state index is 11.8. The van der Waals surface area contributed by atoms with Crippen molar-refractivity contribution in [3.05, 3.63) is 45.7 Å². The number of fused-ring (bicyclic) bond motifs is 1. The molecule has 1 aromatic carbocycles. The minimum atomic E-state index is -0.377. The quantitative estimate of drug-likeness (QED) is 0.784. The van der Waals surface area contributed by atoms with Crippen LogP contribution in [-0.4, -0.2) is 29.1 Å². The van der Waals surface area contributed by atoms with Crippen molar-refractivity contribution in [2.45, 2.75) is 20.3 Å². The number of carbonyl (C=O) groups is 1. The molecule has 0 radical (unpaired) electrons. The van der Waals surface area contributed by atoms with Crippen molar-refractivity contribution in [2.75, 3.05) is 18.1 Å². The molecule has 114 valence electrons. The molecule has 0 spiro atoms. The summed E-state index contributed by atoms with van der Waals surface area (Å²) in [5.74, 6) is 0.240. The number of hydrogen-bond donors (Lipinski definition) is 0. The van der Waals surface area contributed by atoms with E-state index in [-0.39, 0.29) is 5.97 Å². The number of ether oxygens (including phenoxy) is 1. The molecule has 0 saturated carbocycles. The zero-order valence-electron chi connectivity index (χ0n) is 12.5. The van der Waals surface area contributed by atoms with Crippen LogP contribution < -0.4 is 4.90 Å². The number of rotatable bonds is 3. The van der Waals surface area contributed by atoms with Crippen LogP contribution in [0.25, 0.3) is 0 Å². The number of aromatic nitrogens is 2. The summed E-state index contributed by atoms with van der Waals surface area (Å²) in [6.07, 6.45) is 2.50. The summed E-state index contributed by atoms with van der Waals surface area (Å²) in [4.78, 5) is 22.7. The van der Waals surface area contributed by atoms with E-state index in [1.54, 1.807) is 20.0 Å². The molecule has 2 heterocycles. The molecule has 1 aliphatic heterocycles. The molecule has 0 fully saturated rings. The zero-order valence-corrected chi connectivity index (χ0v) is 14.1. The molecule has 0 aliphatic carbocycles. The molecule has 0 atom stereocenters. The average Bonchev–Trinajstić information content (AvgIpc) is 2.90. The molecule has 0 N–H and O–H groups in total. The molecule has 1 aliphatic rings. The van der Waals surface area contributed by atoms with Crippen LogP contribution in [-0.2, 0) is 11.2 Å². The van der Waals surface area contributed by atoms with Crippen LogP contribution in [0.4, 0.5) is 11.6 Å². The molecular formula is C16H16BrN3O2. The minimum absolute atomic E-state index is 0.342. The highest BCUT2D eigenvalue weighted by atomic mass is 79.9. The summed E-state index contributed by atoms with van der Waals surface area (Å²) in [7, 11) is 0. The summed E-state index contributed by atoms with van der Waals surface area (Å²) < 4.78 is 6.08. The fourth-order valence-corrected chi connectivity index (χ4v) is 2.98. The summed E-state index contributed by atoms with van der Waals surface area (Å²) in [5, 5.41) is 0. The first-order valence-electron chi connectivity index (χ1n) is 7.17. The van der Waals surface area contributed by atoms with Gasteiger partial charge < -0.3 is 9.64 Å². The van der Waals surface area contributed by atoms with Crippen LogP contribution in [0.15, 0.2) is 28.9 Å². The predicted molar refractivity (Wildman–Crippen MR) is 87.6 cm³/mol. The molecule has 3 rings (SSSR count).